The number of nitrogens with one attached hydrogen (secondary N) is 1. The number of likely N-dealkylation sites (N-methyl/N-ethyl adjacent to an activating group) is 1. The highest BCUT2D eigenvalue weighted by atomic mass is 35.5. The number of benzene rings is 2. The third kappa shape index (κ3) is 6.94. The third-order valence-electron chi connectivity index (χ3n) is 3.95. The molecule has 0 saturated heterocycles. The number of para-hydroxylation sites is 1. The van der Waals surface area contributed by atoms with Crippen LogP contribution in [0.1, 0.15) is 12.5 Å². The molecular formula is C21H27ClN2O4. The van der Waals surface area contributed by atoms with E-state index in [2.05, 4.69) is 5.32 Å². The molecule has 152 valence electrons. The lowest BCUT2D eigenvalue weighted by atomic mass is 10.2. The van der Waals surface area contributed by atoms with Gasteiger partial charge in [0.25, 0.3) is 0 Å². The van der Waals surface area contributed by atoms with Crippen LogP contribution in [0.2, 0.25) is 5.02 Å². The molecule has 0 aliphatic heterocycles. The highest BCUT2D eigenvalue weighted by Crippen LogP contribution is 2.33. The zero-order valence-corrected chi connectivity index (χ0v) is 17.3. The molecule has 0 aliphatic carbocycles. The van der Waals surface area contributed by atoms with Crippen molar-refractivity contribution >= 4 is 23.3 Å². The summed E-state index contributed by atoms with van der Waals surface area (Å²) in [6.45, 7) is 6.17. The van der Waals surface area contributed by atoms with E-state index in [4.69, 9.17) is 25.8 Å². The van der Waals surface area contributed by atoms with Gasteiger partial charge in [0.05, 0.1) is 23.9 Å². The molecule has 6 nitrogen and oxygen atoms in total. The van der Waals surface area contributed by atoms with Gasteiger partial charge in [-0.25, -0.2) is 4.79 Å². The number of hydrogen-bond donors (Lipinski definition) is 1. The molecule has 0 atom stereocenters. The van der Waals surface area contributed by atoms with Gasteiger partial charge in [0.1, 0.15) is 19.0 Å². The smallest absolute Gasteiger partial charge is 0.321 e. The average Bonchev–Trinajstić information content (AvgIpc) is 2.68. The van der Waals surface area contributed by atoms with Crippen LogP contribution in [0.25, 0.3) is 0 Å². The molecule has 0 aliphatic rings. The molecular weight excluding hydrogens is 380 g/mol. The monoisotopic (exact) mass is 406 g/mol. The molecule has 1 N–H and O–H groups in total. The Kier molecular flexibility index (Phi) is 8.91. The van der Waals surface area contributed by atoms with Gasteiger partial charge < -0.3 is 24.4 Å². The van der Waals surface area contributed by atoms with Crippen molar-refractivity contribution in [3.05, 3.63) is 53.1 Å². The van der Waals surface area contributed by atoms with Crippen molar-refractivity contribution in [2.24, 2.45) is 0 Å². The highest BCUT2D eigenvalue weighted by Gasteiger charge is 2.14. The molecule has 0 fully saturated rings. The first-order valence-electron chi connectivity index (χ1n) is 9.22. The van der Waals surface area contributed by atoms with Gasteiger partial charge in [-0.3, -0.25) is 0 Å². The van der Waals surface area contributed by atoms with E-state index in [0.717, 1.165) is 5.75 Å². The Morgan fingerprint density at radius 2 is 1.82 bits per heavy atom. The average molecular weight is 407 g/mol. The second-order valence-electron chi connectivity index (χ2n) is 6.18. The maximum Gasteiger partial charge on any atom is 0.321 e. The summed E-state index contributed by atoms with van der Waals surface area (Å²) in [4.78, 5) is 14.0. The van der Waals surface area contributed by atoms with Crippen LogP contribution in [0.3, 0.4) is 0 Å². The van der Waals surface area contributed by atoms with Crippen molar-refractivity contribution in [3.8, 4) is 11.5 Å². The minimum Gasteiger partial charge on any atom is -0.492 e. The van der Waals surface area contributed by atoms with E-state index < -0.39 is 0 Å². The lowest BCUT2D eigenvalue weighted by molar-refractivity contribution is 0.110. The third-order valence-corrected chi connectivity index (χ3v) is 4.25. The molecule has 28 heavy (non-hydrogen) atoms. The standard InChI is InChI=1S/C21H27ClN2O4/c1-4-26-14-15-28-20-18(22)6-5-7-19(20)23-21(25)24(3)12-13-27-17-10-8-16(2)9-11-17/h5-11H,4,12-15H2,1-3H3,(H,23,25). The Labute approximate surface area is 171 Å². The number of anilines is 1. The molecule has 7 heteroatoms. The molecule has 0 unspecified atom stereocenters. The second kappa shape index (κ2) is 11.4. The van der Waals surface area contributed by atoms with Gasteiger partial charge >= 0.3 is 6.03 Å². The van der Waals surface area contributed by atoms with Gasteiger partial charge in [-0.2, -0.15) is 0 Å². The van der Waals surface area contributed by atoms with E-state index in [1.807, 2.05) is 38.1 Å². The molecule has 0 radical (unpaired) electrons. The molecule has 0 bridgehead atoms. The van der Waals surface area contributed by atoms with Crippen molar-refractivity contribution < 1.29 is 19.0 Å². The number of urea groups is 1. The number of nitrogens with zero attached hydrogens (tertiary/aromatic N) is 1. The Bertz CT molecular complexity index is 753. The minimum absolute atomic E-state index is 0.274. The number of ether oxygens (including phenoxy) is 3. The SMILES string of the molecule is CCOCCOc1c(Cl)cccc1NC(=O)N(C)CCOc1ccc(C)cc1. The maximum atomic E-state index is 12.5. The van der Waals surface area contributed by atoms with Crippen LogP contribution in [0.5, 0.6) is 11.5 Å². The molecule has 0 spiro atoms. The number of aryl methyl sites for hydroxylation is 1. The quantitative estimate of drug-likeness (QED) is 0.585. The van der Waals surface area contributed by atoms with Crippen molar-refractivity contribution in [1.82, 2.24) is 4.90 Å². The fraction of sp³-hybridized carbons (Fsp3) is 0.381. The Morgan fingerprint density at radius 3 is 2.54 bits per heavy atom. The van der Waals surface area contributed by atoms with E-state index >= 15 is 0 Å². The van der Waals surface area contributed by atoms with Gasteiger partial charge in [-0.1, -0.05) is 35.4 Å². The second-order valence-corrected chi connectivity index (χ2v) is 6.58. The number of halogens is 1. The molecule has 0 saturated carbocycles. The zero-order chi connectivity index (χ0) is 20.4. The number of amides is 2. The van der Waals surface area contributed by atoms with Crippen molar-refractivity contribution in [3.63, 3.8) is 0 Å². The largest absolute Gasteiger partial charge is 0.492 e. The maximum absolute atomic E-state index is 12.5. The fourth-order valence-corrected chi connectivity index (χ4v) is 2.58. The number of hydrogen-bond acceptors (Lipinski definition) is 4. The van der Waals surface area contributed by atoms with E-state index in [-0.39, 0.29) is 6.03 Å². The summed E-state index contributed by atoms with van der Waals surface area (Å²) < 4.78 is 16.6. The normalized spacial score (nSPS) is 10.4. The van der Waals surface area contributed by atoms with E-state index in [1.165, 1.54) is 5.56 Å². The first kappa shape index (κ1) is 21.9. The van der Waals surface area contributed by atoms with Crippen LogP contribution in [0, 0.1) is 6.92 Å². The van der Waals surface area contributed by atoms with Crippen LogP contribution in [-0.4, -0.2) is 51.0 Å². The van der Waals surface area contributed by atoms with Gasteiger partial charge in [-0.15, -0.1) is 0 Å². The van der Waals surface area contributed by atoms with Gasteiger partial charge in [0.2, 0.25) is 0 Å². The summed E-state index contributed by atoms with van der Waals surface area (Å²) in [6, 6.07) is 12.7. The Morgan fingerprint density at radius 1 is 1.07 bits per heavy atom. The number of carbonyl (C=O) groups is 1. The van der Waals surface area contributed by atoms with Crippen LogP contribution < -0.4 is 14.8 Å². The van der Waals surface area contributed by atoms with Crippen LogP contribution >= 0.6 is 11.6 Å². The fourth-order valence-electron chi connectivity index (χ4n) is 2.35. The molecule has 2 aromatic rings. The highest BCUT2D eigenvalue weighted by molar-refractivity contribution is 6.32. The molecule has 2 amide bonds. The lowest BCUT2D eigenvalue weighted by Gasteiger charge is -2.20. The van der Waals surface area contributed by atoms with Gasteiger partial charge in [-0.05, 0) is 38.1 Å². The summed E-state index contributed by atoms with van der Waals surface area (Å²) in [6.07, 6.45) is 0. The molecule has 0 aromatic heterocycles. The van der Waals surface area contributed by atoms with Gasteiger partial charge in [0, 0.05) is 13.7 Å². The van der Waals surface area contributed by atoms with E-state index in [0.29, 0.717) is 49.4 Å². The minimum atomic E-state index is -0.274. The molecule has 2 rings (SSSR count). The summed E-state index contributed by atoms with van der Waals surface area (Å²) in [5.74, 6) is 1.21. The number of carbonyl (C=O) groups excluding carboxylic acids is 1. The van der Waals surface area contributed by atoms with Crippen molar-refractivity contribution in [1.29, 1.82) is 0 Å². The Hall–Kier alpha value is -2.44. The summed E-state index contributed by atoms with van der Waals surface area (Å²) in [7, 11) is 1.70. The molecule has 2 aromatic carbocycles. The zero-order valence-electron chi connectivity index (χ0n) is 16.5. The first-order valence-corrected chi connectivity index (χ1v) is 9.59. The predicted octanol–water partition coefficient (Wildman–Crippen LogP) is 4.61. The van der Waals surface area contributed by atoms with Crippen LogP contribution in [0.15, 0.2) is 42.5 Å². The van der Waals surface area contributed by atoms with Crippen molar-refractivity contribution in [2.45, 2.75) is 13.8 Å². The topological polar surface area (TPSA) is 60.0 Å². The van der Waals surface area contributed by atoms with E-state index in [1.54, 1.807) is 30.1 Å². The molecule has 0 heterocycles. The van der Waals surface area contributed by atoms with E-state index in [9.17, 15) is 4.79 Å². The summed E-state index contributed by atoms with van der Waals surface area (Å²) >= 11 is 6.22. The summed E-state index contributed by atoms with van der Waals surface area (Å²) in [5, 5.41) is 3.26. The Balaban J connectivity index is 1.86. The van der Waals surface area contributed by atoms with Crippen LogP contribution in [-0.2, 0) is 4.74 Å². The number of rotatable bonds is 10. The lowest BCUT2D eigenvalue weighted by Crippen LogP contribution is -2.34. The predicted molar refractivity (Wildman–Crippen MR) is 112 cm³/mol. The summed E-state index contributed by atoms with van der Waals surface area (Å²) in [5.41, 5.74) is 1.69. The van der Waals surface area contributed by atoms with Gasteiger partial charge in [0.15, 0.2) is 5.75 Å². The van der Waals surface area contributed by atoms with Crippen molar-refractivity contribution in [2.75, 3.05) is 45.3 Å². The van der Waals surface area contributed by atoms with Crippen LogP contribution in [0.4, 0.5) is 10.5 Å². The first-order chi connectivity index (χ1) is 13.5.